The molecule has 0 saturated carbocycles. The number of hydrogen-bond acceptors (Lipinski definition) is 2. The van der Waals surface area contributed by atoms with Gasteiger partial charge in [-0.1, -0.05) is 109 Å². The van der Waals surface area contributed by atoms with Crippen LogP contribution in [0.25, 0.3) is 0 Å². The van der Waals surface area contributed by atoms with Crippen molar-refractivity contribution in [3.63, 3.8) is 0 Å². The van der Waals surface area contributed by atoms with Gasteiger partial charge in [-0.05, 0) is 34.9 Å². The van der Waals surface area contributed by atoms with Crippen molar-refractivity contribution >= 4 is 23.1 Å². The van der Waals surface area contributed by atoms with Crippen LogP contribution in [0.5, 0.6) is 0 Å². The Morgan fingerprint density at radius 2 is 1.09 bits per heavy atom. The molecule has 0 radical (unpaired) electrons. The zero-order valence-electron chi connectivity index (χ0n) is 17.8. The van der Waals surface area contributed by atoms with Crippen LogP contribution in [-0.2, 0) is 5.54 Å². The average Bonchev–Trinajstić information content (AvgIpc) is 2.85. The van der Waals surface area contributed by atoms with Gasteiger partial charge in [0.2, 0.25) is 0 Å². The number of aliphatic imine (C=N–C) groups is 1. The Morgan fingerprint density at radius 3 is 1.50 bits per heavy atom. The fraction of sp³-hybridized carbons (Fsp3) is 0.0741. The first-order valence-corrected chi connectivity index (χ1v) is 10.8. The Morgan fingerprint density at radius 1 is 0.618 bits per heavy atom. The highest BCUT2D eigenvalue weighted by Crippen LogP contribution is 2.41. The average molecular weight is 478 g/mol. The molecule has 170 valence electrons. The van der Waals surface area contributed by atoms with E-state index in [0.717, 1.165) is 0 Å². The van der Waals surface area contributed by atoms with Crippen molar-refractivity contribution in [2.24, 2.45) is 15.2 Å². The van der Waals surface area contributed by atoms with Gasteiger partial charge in [-0.25, -0.2) is 4.99 Å². The molecule has 34 heavy (non-hydrogen) atoms. The minimum atomic E-state index is -4.83. The van der Waals surface area contributed by atoms with E-state index < -0.39 is 17.6 Å². The molecule has 4 aromatic carbocycles. The molecule has 0 heterocycles. The molecule has 0 aliphatic carbocycles. The Bertz CT molecular complexity index is 1190. The first-order valence-electron chi connectivity index (χ1n) is 10.4. The highest BCUT2D eigenvalue weighted by Gasteiger charge is 2.40. The number of nitrogens with zero attached hydrogens (tertiary/aromatic N) is 3. The van der Waals surface area contributed by atoms with Crippen LogP contribution in [0.1, 0.15) is 16.7 Å². The van der Waals surface area contributed by atoms with Crippen LogP contribution in [-0.4, -0.2) is 12.0 Å². The highest BCUT2D eigenvalue weighted by molar-refractivity contribution is 6.30. The Kier molecular flexibility index (Phi) is 6.89. The largest absolute Gasteiger partial charge is 0.453 e. The Labute approximate surface area is 200 Å². The molecule has 0 N–H and O–H groups in total. The van der Waals surface area contributed by atoms with Gasteiger partial charge in [0.05, 0.1) is 5.69 Å². The van der Waals surface area contributed by atoms with Gasteiger partial charge >= 0.3 is 6.18 Å². The molecule has 0 saturated heterocycles. The van der Waals surface area contributed by atoms with Crippen molar-refractivity contribution < 1.29 is 13.2 Å². The Hall–Kier alpha value is -3.77. The van der Waals surface area contributed by atoms with Gasteiger partial charge < -0.3 is 0 Å². The topological polar surface area (TPSA) is 37.1 Å². The molecule has 7 heteroatoms. The first-order chi connectivity index (χ1) is 16.4. The number of halogens is 4. The maximum absolute atomic E-state index is 14.0. The van der Waals surface area contributed by atoms with E-state index in [1.165, 1.54) is 18.2 Å². The molecular weight excluding hydrogens is 459 g/mol. The van der Waals surface area contributed by atoms with Crippen molar-refractivity contribution in [1.29, 1.82) is 0 Å². The number of azo groups is 1. The summed E-state index contributed by atoms with van der Waals surface area (Å²) >= 11 is 5.93. The molecule has 0 unspecified atom stereocenters. The molecule has 0 fully saturated rings. The normalized spacial score (nSPS) is 12.8. The maximum Gasteiger partial charge on any atom is 0.453 e. The molecule has 0 bridgehead atoms. The van der Waals surface area contributed by atoms with Crippen LogP contribution >= 0.6 is 11.6 Å². The summed E-state index contributed by atoms with van der Waals surface area (Å²) in [7, 11) is 0. The smallest absolute Gasteiger partial charge is 0.223 e. The van der Waals surface area contributed by atoms with E-state index in [-0.39, 0.29) is 10.7 Å². The van der Waals surface area contributed by atoms with E-state index in [2.05, 4.69) is 15.2 Å². The molecule has 3 nitrogen and oxygen atoms in total. The Balaban J connectivity index is 1.97. The summed E-state index contributed by atoms with van der Waals surface area (Å²) in [5, 5.41) is 8.39. The van der Waals surface area contributed by atoms with Crippen molar-refractivity contribution in [2.45, 2.75) is 11.7 Å². The summed E-state index contributed by atoms with van der Waals surface area (Å²) in [5.74, 6) is -1.37. The van der Waals surface area contributed by atoms with Crippen molar-refractivity contribution in [2.75, 3.05) is 0 Å². The van der Waals surface area contributed by atoms with Crippen molar-refractivity contribution in [3.05, 3.63) is 137 Å². The molecule has 0 aliphatic rings. The molecular formula is C27H19ClF3N3. The van der Waals surface area contributed by atoms with Crippen LogP contribution in [0.2, 0.25) is 5.02 Å². The van der Waals surface area contributed by atoms with Gasteiger partial charge in [0.25, 0.3) is 5.84 Å². The van der Waals surface area contributed by atoms with Crippen molar-refractivity contribution in [1.82, 2.24) is 0 Å². The summed E-state index contributed by atoms with van der Waals surface area (Å²) in [5.41, 5.74) is 0.703. The van der Waals surface area contributed by atoms with Gasteiger partial charge in [-0.15, -0.1) is 5.11 Å². The van der Waals surface area contributed by atoms with Crippen LogP contribution in [0.3, 0.4) is 0 Å². The summed E-state index contributed by atoms with van der Waals surface area (Å²) in [6.45, 7) is 0. The summed E-state index contributed by atoms with van der Waals surface area (Å²) in [4.78, 5) is 3.72. The molecule has 0 atom stereocenters. The second-order valence-corrected chi connectivity index (χ2v) is 7.86. The number of rotatable bonds is 5. The van der Waals surface area contributed by atoms with Gasteiger partial charge in [0.15, 0.2) is 5.54 Å². The number of alkyl halides is 3. The van der Waals surface area contributed by atoms with E-state index in [1.807, 2.05) is 91.0 Å². The number of hydrogen-bond donors (Lipinski definition) is 0. The predicted octanol–water partition coefficient (Wildman–Crippen LogP) is 8.38. The second-order valence-electron chi connectivity index (χ2n) is 7.42. The van der Waals surface area contributed by atoms with Crippen LogP contribution in [0.4, 0.5) is 18.9 Å². The lowest BCUT2D eigenvalue weighted by Crippen LogP contribution is -2.28. The van der Waals surface area contributed by atoms with Gasteiger partial charge in [-0.3, -0.25) is 0 Å². The molecule has 4 aromatic rings. The van der Waals surface area contributed by atoms with E-state index in [0.29, 0.717) is 16.7 Å². The summed E-state index contributed by atoms with van der Waals surface area (Å²) in [6, 6.07) is 33.2. The molecule has 0 aliphatic heterocycles. The molecule has 4 rings (SSSR count). The predicted molar refractivity (Wildman–Crippen MR) is 129 cm³/mol. The SMILES string of the molecule is FC(F)(F)C(N=NC(c1ccccc1)(c1ccccc1)c1ccccc1)=Nc1cccc(Cl)c1. The minimum absolute atomic E-state index is 0.0310. The lowest BCUT2D eigenvalue weighted by Gasteiger charge is -2.30. The third kappa shape index (κ3) is 5.07. The van der Waals surface area contributed by atoms with Crippen molar-refractivity contribution in [3.8, 4) is 0 Å². The zero-order chi connectivity index (χ0) is 24.0. The maximum atomic E-state index is 14.0. The lowest BCUT2D eigenvalue weighted by molar-refractivity contribution is -0.0600. The highest BCUT2D eigenvalue weighted by atomic mass is 35.5. The van der Waals surface area contributed by atoms with Gasteiger partial charge in [0.1, 0.15) is 0 Å². The second kappa shape index (κ2) is 10.0. The monoisotopic (exact) mass is 477 g/mol. The third-order valence-electron chi connectivity index (χ3n) is 5.17. The van der Waals surface area contributed by atoms with E-state index in [1.54, 1.807) is 6.07 Å². The summed E-state index contributed by atoms with van der Waals surface area (Å²) in [6.07, 6.45) is -4.83. The van der Waals surface area contributed by atoms with E-state index in [4.69, 9.17) is 11.6 Å². The third-order valence-corrected chi connectivity index (χ3v) is 5.40. The van der Waals surface area contributed by atoms with E-state index in [9.17, 15) is 13.2 Å². The van der Waals surface area contributed by atoms with Crippen LogP contribution < -0.4 is 0 Å². The lowest BCUT2D eigenvalue weighted by atomic mass is 9.78. The van der Waals surface area contributed by atoms with Gasteiger partial charge in [-0.2, -0.15) is 18.3 Å². The van der Waals surface area contributed by atoms with Crippen LogP contribution in [0, 0.1) is 0 Å². The van der Waals surface area contributed by atoms with E-state index >= 15 is 0 Å². The number of benzene rings is 4. The zero-order valence-corrected chi connectivity index (χ0v) is 18.6. The summed E-state index contributed by atoms with van der Waals surface area (Å²) < 4.78 is 41.9. The van der Waals surface area contributed by atoms with Crippen LogP contribution in [0.15, 0.2) is 130 Å². The fourth-order valence-electron chi connectivity index (χ4n) is 3.64. The molecule has 0 amide bonds. The quantitative estimate of drug-likeness (QED) is 0.120. The molecule has 0 aromatic heterocycles. The standard InChI is InChI=1S/C27H19ClF3N3/c28-23-17-10-18-24(19-23)32-25(27(29,30)31)33-34-26(20-11-4-1-5-12-20,21-13-6-2-7-14-21)22-15-8-3-9-16-22/h1-19H. The molecule has 0 spiro atoms. The fourth-order valence-corrected chi connectivity index (χ4v) is 3.83. The van der Waals surface area contributed by atoms with Gasteiger partial charge in [0, 0.05) is 5.02 Å². The minimum Gasteiger partial charge on any atom is -0.223 e. The number of amidine groups is 1. The first kappa shape index (κ1) is 23.4.